The zero-order valence-electron chi connectivity index (χ0n) is 18.8. The Balaban J connectivity index is 1.49. The van der Waals surface area contributed by atoms with Crippen molar-refractivity contribution in [3.8, 4) is 0 Å². The standard InChI is InChI=1S/C21H24N4O6S4/c1-34(28,29)22-8-13-11-33-20-18(13)35(30,31)24-19(23-20)16-17(26)14-4-2-3-5-15(14)25(21(16)27)9-12-6-7-32-10-12/h6-7,10-11,14-16,22H,2-5,8-9H2,1H3,(H,23,24)/t14-,15+,16?/m0/s1. The molecule has 35 heavy (non-hydrogen) atoms. The molecule has 1 aliphatic carbocycles. The zero-order chi connectivity index (χ0) is 25.0. The highest BCUT2D eigenvalue weighted by atomic mass is 32.2. The monoisotopic (exact) mass is 556 g/mol. The first-order valence-electron chi connectivity index (χ1n) is 11.1. The summed E-state index contributed by atoms with van der Waals surface area (Å²) in [5, 5.41) is 8.55. The van der Waals surface area contributed by atoms with Crippen LogP contribution in [0.25, 0.3) is 0 Å². The van der Waals surface area contributed by atoms with Gasteiger partial charge in [0.2, 0.25) is 15.9 Å². The van der Waals surface area contributed by atoms with Crippen LogP contribution < -0.4 is 10.0 Å². The average molecular weight is 557 g/mol. The molecule has 0 bridgehead atoms. The van der Waals surface area contributed by atoms with Gasteiger partial charge in [0.25, 0.3) is 10.0 Å². The van der Waals surface area contributed by atoms with Crippen molar-refractivity contribution in [2.45, 2.75) is 49.7 Å². The summed E-state index contributed by atoms with van der Waals surface area (Å²) in [4.78, 5) is 28.8. The van der Waals surface area contributed by atoms with Crippen molar-refractivity contribution < 1.29 is 26.4 Å². The third-order valence-electron chi connectivity index (χ3n) is 6.58. The van der Waals surface area contributed by atoms with E-state index in [0.29, 0.717) is 13.0 Å². The third-order valence-corrected chi connectivity index (χ3v) is 10.5. The number of amides is 1. The van der Waals surface area contributed by atoms with E-state index in [1.165, 1.54) is 16.7 Å². The number of anilines is 1. The van der Waals surface area contributed by atoms with Crippen LogP contribution in [-0.2, 0) is 42.7 Å². The molecule has 0 radical (unpaired) electrons. The number of amidine groups is 1. The molecule has 3 aliphatic rings. The number of Topliss-reactive ketones (excluding diaryl/α,β-unsaturated/α-hetero) is 1. The Kier molecular flexibility index (Phi) is 6.36. The van der Waals surface area contributed by atoms with Crippen LogP contribution in [0.4, 0.5) is 5.00 Å². The first-order chi connectivity index (χ1) is 16.5. The molecule has 2 aliphatic heterocycles. The van der Waals surface area contributed by atoms with Crippen molar-refractivity contribution in [3.05, 3.63) is 33.3 Å². The number of fused-ring (bicyclic) bond motifs is 2. The summed E-state index contributed by atoms with van der Waals surface area (Å²) in [5.41, 5.74) is 1.22. The van der Waals surface area contributed by atoms with E-state index >= 15 is 0 Å². The van der Waals surface area contributed by atoms with E-state index in [0.717, 1.165) is 42.4 Å². The fourth-order valence-corrected chi connectivity index (χ4v) is 8.75. The lowest BCUT2D eigenvalue weighted by Crippen LogP contribution is -2.60. The molecule has 1 saturated carbocycles. The van der Waals surface area contributed by atoms with Crippen molar-refractivity contribution >= 4 is 65.2 Å². The highest BCUT2D eigenvalue weighted by molar-refractivity contribution is 7.91. The van der Waals surface area contributed by atoms with E-state index in [4.69, 9.17) is 0 Å². The number of nitrogens with one attached hydrogen (secondary N) is 2. The normalized spacial score (nSPS) is 26.0. The Morgan fingerprint density at radius 1 is 1.23 bits per heavy atom. The number of carbonyl (C=O) groups excluding carboxylic acids is 2. The Hall–Kier alpha value is -2.13. The Labute approximate surface area is 211 Å². The van der Waals surface area contributed by atoms with Gasteiger partial charge in [0, 0.05) is 30.6 Å². The summed E-state index contributed by atoms with van der Waals surface area (Å²) < 4.78 is 55.4. The second-order valence-electron chi connectivity index (χ2n) is 8.98. The van der Waals surface area contributed by atoms with Gasteiger partial charge >= 0.3 is 0 Å². The third kappa shape index (κ3) is 4.69. The first-order valence-corrected chi connectivity index (χ1v) is 16.2. The number of thiophene rings is 2. The van der Waals surface area contributed by atoms with E-state index in [-0.39, 0.29) is 45.6 Å². The molecule has 14 heteroatoms. The van der Waals surface area contributed by atoms with Crippen LogP contribution in [0.2, 0.25) is 0 Å². The van der Waals surface area contributed by atoms with Gasteiger partial charge in [0.05, 0.1) is 6.26 Å². The van der Waals surface area contributed by atoms with E-state index in [1.54, 1.807) is 4.90 Å². The minimum atomic E-state index is -4.26. The van der Waals surface area contributed by atoms with Crippen LogP contribution in [-0.4, -0.2) is 51.6 Å². The van der Waals surface area contributed by atoms with Gasteiger partial charge in [-0.1, -0.05) is 12.8 Å². The molecular weight excluding hydrogens is 533 g/mol. The molecule has 10 nitrogen and oxygen atoms in total. The van der Waals surface area contributed by atoms with Crippen molar-refractivity contribution in [2.75, 3.05) is 11.6 Å². The summed E-state index contributed by atoms with van der Waals surface area (Å²) in [6.45, 7) is 0.148. The SMILES string of the molecule is CS(=O)(=O)NCc1csc2c1S(=O)(=O)N=C(C1C(=O)[C@H]3CCCC[C@H]3N(Cc3ccsc3)C1=O)N2. The number of piperidine rings is 1. The molecule has 1 saturated heterocycles. The zero-order valence-corrected chi connectivity index (χ0v) is 22.0. The highest BCUT2D eigenvalue weighted by Gasteiger charge is 2.51. The molecule has 2 N–H and O–H groups in total. The van der Waals surface area contributed by atoms with Gasteiger partial charge < -0.3 is 10.2 Å². The van der Waals surface area contributed by atoms with Crippen LogP contribution in [0.15, 0.2) is 31.5 Å². The second-order valence-corrected chi connectivity index (χ2v) is 14.0. The van der Waals surface area contributed by atoms with Crippen LogP contribution in [0.1, 0.15) is 36.8 Å². The number of nitrogens with zero attached hydrogens (tertiary/aromatic N) is 2. The molecule has 2 fully saturated rings. The molecular formula is C21H24N4O6S4. The summed E-state index contributed by atoms with van der Waals surface area (Å²) >= 11 is 2.59. The lowest BCUT2D eigenvalue weighted by molar-refractivity contribution is -0.152. The van der Waals surface area contributed by atoms with E-state index < -0.39 is 31.9 Å². The lowest BCUT2D eigenvalue weighted by Gasteiger charge is -2.45. The van der Waals surface area contributed by atoms with Gasteiger partial charge in [0.1, 0.15) is 15.7 Å². The predicted molar refractivity (Wildman–Crippen MR) is 133 cm³/mol. The van der Waals surface area contributed by atoms with Gasteiger partial charge in [-0.15, -0.1) is 15.7 Å². The van der Waals surface area contributed by atoms with E-state index in [1.807, 2.05) is 16.8 Å². The predicted octanol–water partition coefficient (Wildman–Crippen LogP) is 2.16. The van der Waals surface area contributed by atoms with Crippen molar-refractivity contribution in [1.82, 2.24) is 9.62 Å². The van der Waals surface area contributed by atoms with Crippen LogP contribution in [0.3, 0.4) is 0 Å². The van der Waals surface area contributed by atoms with Crippen molar-refractivity contribution in [2.24, 2.45) is 16.2 Å². The van der Waals surface area contributed by atoms with Gasteiger partial charge in [-0.25, -0.2) is 13.1 Å². The second kappa shape index (κ2) is 9.07. The van der Waals surface area contributed by atoms with Crippen LogP contribution in [0, 0.1) is 11.8 Å². The molecule has 5 rings (SSSR count). The quantitative estimate of drug-likeness (QED) is 0.519. The van der Waals surface area contributed by atoms with Gasteiger partial charge in [-0.2, -0.15) is 19.8 Å². The summed E-state index contributed by atoms with van der Waals surface area (Å²) in [6.07, 6.45) is 4.19. The van der Waals surface area contributed by atoms with E-state index in [9.17, 15) is 26.4 Å². The summed E-state index contributed by atoms with van der Waals surface area (Å²) in [5.74, 6) is -2.60. The fraction of sp³-hybridized carbons (Fsp3) is 0.476. The first kappa shape index (κ1) is 24.6. The Morgan fingerprint density at radius 3 is 2.71 bits per heavy atom. The van der Waals surface area contributed by atoms with Gasteiger partial charge in [-0.3, -0.25) is 9.59 Å². The highest BCUT2D eigenvalue weighted by Crippen LogP contribution is 2.41. The maximum atomic E-state index is 13.7. The molecule has 1 amide bonds. The van der Waals surface area contributed by atoms with Crippen molar-refractivity contribution in [3.63, 3.8) is 0 Å². The summed E-state index contributed by atoms with van der Waals surface area (Å²) in [6, 6.07) is 1.73. The number of hydrogen-bond acceptors (Lipinski definition) is 9. The molecule has 2 aromatic rings. The van der Waals surface area contributed by atoms with Crippen LogP contribution >= 0.6 is 22.7 Å². The molecule has 0 spiro atoms. The average Bonchev–Trinajstić information content (AvgIpc) is 3.45. The van der Waals surface area contributed by atoms with E-state index in [2.05, 4.69) is 14.4 Å². The number of rotatable bonds is 6. The number of likely N-dealkylation sites (tertiary alicyclic amines) is 1. The smallest absolute Gasteiger partial charge is 0.287 e. The van der Waals surface area contributed by atoms with Gasteiger partial charge in [0.15, 0.2) is 11.7 Å². The van der Waals surface area contributed by atoms with Crippen LogP contribution in [0.5, 0.6) is 0 Å². The van der Waals surface area contributed by atoms with Gasteiger partial charge in [-0.05, 0) is 40.6 Å². The maximum Gasteiger partial charge on any atom is 0.287 e. The Morgan fingerprint density at radius 2 is 2.00 bits per heavy atom. The molecule has 1 unspecified atom stereocenters. The molecule has 4 heterocycles. The fourth-order valence-electron chi connectivity index (χ4n) is 5.03. The number of ketones is 1. The minimum absolute atomic E-state index is 0.135. The Bertz CT molecular complexity index is 1410. The summed E-state index contributed by atoms with van der Waals surface area (Å²) in [7, 11) is -7.80. The minimum Gasteiger partial charge on any atom is -0.334 e. The topological polar surface area (TPSA) is 142 Å². The number of carbonyl (C=O) groups is 2. The maximum absolute atomic E-state index is 13.7. The molecule has 0 aromatic carbocycles. The molecule has 3 atom stereocenters. The number of sulfonamides is 2. The number of hydrogen-bond donors (Lipinski definition) is 2. The van der Waals surface area contributed by atoms with Crippen molar-refractivity contribution in [1.29, 1.82) is 0 Å². The lowest BCUT2D eigenvalue weighted by atomic mass is 9.73. The largest absolute Gasteiger partial charge is 0.334 e. The molecule has 2 aromatic heterocycles. The molecule has 188 valence electrons.